The first-order valence-electron chi connectivity index (χ1n) is 3.63. The summed E-state index contributed by atoms with van der Waals surface area (Å²) >= 11 is 0. The molecule has 13 heavy (non-hydrogen) atoms. The normalized spacial score (nSPS) is 21.3. The molecule has 0 fully saturated rings. The molecule has 0 saturated carbocycles. The minimum absolute atomic E-state index is 0.140. The molecule has 0 aromatic rings. The molecule has 0 aliphatic heterocycles. The van der Waals surface area contributed by atoms with Gasteiger partial charge in [-0.3, -0.25) is 0 Å². The Balaban J connectivity index is 3.13. The van der Waals surface area contributed by atoms with Crippen LogP contribution in [-0.4, -0.2) is 32.2 Å². The van der Waals surface area contributed by atoms with Crippen molar-refractivity contribution in [3.8, 4) is 0 Å². The second kappa shape index (κ2) is 2.86. The Bertz CT molecular complexity index is 310. The summed E-state index contributed by atoms with van der Waals surface area (Å²) < 4.78 is 0. The maximum atomic E-state index is 10.6. The Hall–Kier alpha value is -1.33. The van der Waals surface area contributed by atoms with E-state index in [0.29, 0.717) is 0 Å². The van der Waals surface area contributed by atoms with Crippen molar-refractivity contribution in [2.24, 2.45) is 0 Å². The Morgan fingerprint density at radius 2 is 2.08 bits per heavy atom. The minimum atomic E-state index is -2.15. The summed E-state index contributed by atoms with van der Waals surface area (Å²) in [6.07, 6.45) is 0.502. The van der Waals surface area contributed by atoms with Crippen LogP contribution in [0.3, 0.4) is 0 Å². The molecule has 0 bridgehead atoms. The van der Waals surface area contributed by atoms with Gasteiger partial charge < -0.3 is 20.4 Å². The van der Waals surface area contributed by atoms with Gasteiger partial charge in [0, 0.05) is 0 Å². The zero-order chi connectivity index (χ0) is 10.2. The molecule has 0 saturated heterocycles. The fourth-order valence-corrected chi connectivity index (χ4v) is 1.32. The number of hydrogen-bond donors (Lipinski definition) is 4. The van der Waals surface area contributed by atoms with Crippen LogP contribution < -0.4 is 0 Å². The topological polar surface area (TPSA) is 98.0 Å². The summed E-state index contributed by atoms with van der Waals surface area (Å²) in [4.78, 5) is 10.6. The summed E-state index contributed by atoms with van der Waals surface area (Å²) in [6.45, 7) is 1.39. The highest BCUT2D eigenvalue weighted by molar-refractivity contribution is 5.92. The zero-order valence-electron chi connectivity index (χ0n) is 6.98. The van der Waals surface area contributed by atoms with Crippen LogP contribution in [0.15, 0.2) is 23.0 Å². The molecule has 4 N–H and O–H groups in total. The lowest BCUT2D eigenvalue weighted by molar-refractivity contribution is -0.134. The molecule has 5 nitrogen and oxygen atoms in total. The number of hydrogen-bond acceptors (Lipinski definition) is 4. The number of aliphatic hydroxyl groups is 3. The monoisotopic (exact) mass is 186 g/mol. The smallest absolute Gasteiger partial charge is 0.339 e. The lowest BCUT2D eigenvalue weighted by Crippen LogP contribution is -2.30. The average Bonchev–Trinajstić information content (AvgIpc) is 1.78. The summed E-state index contributed by atoms with van der Waals surface area (Å²) in [5.74, 6) is -3.94. The molecule has 0 heterocycles. The largest absolute Gasteiger partial charge is 0.511 e. The summed E-state index contributed by atoms with van der Waals surface area (Å²) in [6, 6.07) is 0. The summed E-state index contributed by atoms with van der Waals surface area (Å²) in [7, 11) is 0. The van der Waals surface area contributed by atoms with Crippen LogP contribution in [0.25, 0.3) is 0 Å². The Morgan fingerprint density at radius 1 is 1.54 bits per heavy atom. The molecule has 0 aromatic carbocycles. The number of carbonyl (C=O) groups is 1. The lowest BCUT2D eigenvalue weighted by Gasteiger charge is -2.23. The van der Waals surface area contributed by atoms with Crippen LogP contribution in [0.5, 0.6) is 0 Å². The van der Waals surface area contributed by atoms with Gasteiger partial charge in [0.05, 0.1) is 12.0 Å². The molecular weight excluding hydrogens is 176 g/mol. The number of rotatable bonds is 1. The fourth-order valence-electron chi connectivity index (χ4n) is 1.32. The molecule has 0 amide bonds. The van der Waals surface area contributed by atoms with Gasteiger partial charge in [-0.1, -0.05) is 0 Å². The molecular formula is C8H10O5. The highest BCUT2D eigenvalue weighted by atomic mass is 16.5. The van der Waals surface area contributed by atoms with E-state index in [4.69, 9.17) is 15.3 Å². The van der Waals surface area contributed by atoms with Crippen LogP contribution in [0.1, 0.15) is 13.3 Å². The third kappa shape index (κ3) is 1.88. The third-order valence-corrected chi connectivity index (χ3v) is 1.77. The molecule has 72 valence electrons. The van der Waals surface area contributed by atoms with Gasteiger partial charge in [-0.25, -0.2) is 4.79 Å². The number of carboxylic acid groups (broad SMARTS) is 1. The minimum Gasteiger partial charge on any atom is -0.511 e. The van der Waals surface area contributed by atoms with Gasteiger partial charge in [0.25, 0.3) is 0 Å². The van der Waals surface area contributed by atoms with Gasteiger partial charge in [-0.15, -0.1) is 0 Å². The highest BCUT2D eigenvalue weighted by Crippen LogP contribution is 2.28. The SMILES string of the molecule is CC1=CC(O)(O)CC(O)=C1C(=O)O. The fraction of sp³-hybridized carbons (Fsp3) is 0.375. The Morgan fingerprint density at radius 3 is 2.46 bits per heavy atom. The quantitative estimate of drug-likeness (QED) is 0.429. The Labute approximate surface area is 74.2 Å². The predicted octanol–water partition coefficient (Wildman–Crippen LogP) is -0.0860. The van der Waals surface area contributed by atoms with Crippen LogP contribution in [0, 0.1) is 0 Å². The average molecular weight is 186 g/mol. The van der Waals surface area contributed by atoms with Crippen molar-refractivity contribution in [1.82, 2.24) is 0 Å². The van der Waals surface area contributed by atoms with E-state index in [1.54, 1.807) is 0 Å². The zero-order valence-corrected chi connectivity index (χ0v) is 6.98. The number of aliphatic hydroxyl groups excluding tert-OH is 1. The van der Waals surface area contributed by atoms with Gasteiger partial charge >= 0.3 is 5.97 Å². The van der Waals surface area contributed by atoms with E-state index in [-0.39, 0.29) is 11.1 Å². The van der Waals surface area contributed by atoms with Gasteiger partial charge in [-0.05, 0) is 18.6 Å². The first kappa shape index (κ1) is 9.76. The van der Waals surface area contributed by atoms with Crippen molar-refractivity contribution < 1.29 is 25.2 Å². The predicted molar refractivity (Wildman–Crippen MR) is 42.8 cm³/mol. The summed E-state index contributed by atoms with van der Waals surface area (Å²) in [5.41, 5.74) is -0.125. The molecule has 1 aliphatic carbocycles. The van der Waals surface area contributed by atoms with E-state index in [1.165, 1.54) is 6.92 Å². The van der Waals surface area contributed by atoms with E-state index in [0.717, 1.165) is 6.08 Å². The first-order chi connectivity index (χ1) is 5.83. The van der Waals surface area contributed by atoms with Crippen LogP contribution in [-0.2, 0) is 4.79 Å². The maximum Gasteiger partial charge on any atom is 0.339 e. The molecule has 0 unspecified atom stereocenters. The van der Waals surface area contributed by atoms with Crippen LogP contribution >= 0.6 is 0 Å². The molecule has 0 radical (unpaired) electrons. The summed E-state index contributed by atoms with van der Waals surface area (Å²) in [5, 5.41) is 36.0. The van der Waals surface area contributed by atoms with Gasteiger partial charge in [0.2, 0.25) is 0 Å². The molecule has 0 spiro atoms. The Kier molecular flexibility index (Phi) is 2.15. The van der Waals surface area contributed by atoms with Crippen molar-refractivity contribution in [2.75, 3.05) is 0 Å². The van der Waals surface area contributed by atoms with Gasteiger partial charge in [0.15, 0.2) is 5.79 Å². The van der Waals surface area contributed by atoms with Crippen molar-refractivity contribution in [3.05, 3.63) is 23.0 Å². The first-order valence-corrected chi connectivity index (χ1v) is 3.63. The van der Waals surface area contributed by atoms with Crippen molar-refractivity contribution >= 4 is 5.97 Å². The van der Waals surface area contributed by atoms with E-state index in [9.17, 15) is 9.90 Å². The van der Waals surface area contributed by atoms with E-state index in [1.807, 2.05) is 0 Å². The molecule has 0 atom stereocenters. The van der Waals surface area contributed by atoms with Crippen molar-refractivity contribution in [1.29, 1.82) is 0 Å². The van der Waals surface area contributed by atoms with E-state index < -0.39 is 23.9 Å². The van der Waals surface area contributed by atoms with Gasteiger partial charge in [0.1, 0.15) is 5.76 Å². The molecule has 0 aromatic heterocycles. The molecule has 1 rings (SSSR count). The molecule has 1 aliphatic rings. The molecule has 5 heteroatoms. The van der Waals surface area contributed by atoms with Crippen LogP contribution in [0.2, 0.25) is 0 Å². The number of carboxylic acids is 1. The number of aliphatic carboxylic acids is 1. The van der Waals surface area contributed by atoms with E-state index in [2.05, 4.69) is 0 Å². The van der Waals surface area contributed by atoms with Crippen molar-refractivity contribution in [2.45, 2.75) is 19.1 Å². The maximum absolute atomic E-state index is 10.6. The second-order valence-electron chi connectivity index (χ2n) is 3.01. The third-order valence-electron chi connectivity index (χ3n) is 1.77. The van der Waals surface area contributed by atoms with Crippen molar-refractivity contribution in [3.63, 3.8) is 0 Å². The van der Waals surface area contributed by atoms with E-state index >= 15 is 0 Å². The van der Waals surface area contributed by atoms with Gasteiger partial charge in [-0.2, -0.15) is 0 Å². The van der Waals surface area contributed by atoms with Crippen LogP contribution in [0.4, 0.5) is 0 Å². The lowest BCUT2D eigenvalue weighted by atomic mass is 9.93. The highest BCUT2D eigenvalue weighted by Gasteiger charge is 2.31. The standard InChI is InChI=1S/C8H10O5/c1-4-2-8(12,13)3-5(9)6(4)7(10)11/h2,9,12-13H,3H2,1H3,(H,10,11). The second-order valence-corrected chi connectivity index (χ2v) is 3.01.